The highest BCUT2D eigenvalue weighted by atomic mass is 16.3. The lowest BCUT2D eigenvalue weighted by Gasteiger charge is -2.23. The van der Waals surface area contributed by atoms with Gasteiger partial charge in [-0.3, -0.25) is 0 Å². The maximum absolute atomic E-state index is 6.23. The van der Waals surface area contributed by atoms with Crippen molar-refractivity contribution in [2.24, 2.45) is 0 Å². The summed E-state index contributed by atoms with van der Waals surface area (Å²) in [4.78, 5) is 0. The van der Waals surface area contributed by atoms with Gasteiger partial charge in [0.25, 0.3) is 0 Å². The minimum Gasteiger partial charge on any atom is -0.456 e. The molecule has 0 unspecified atom stereocenters. The van der Waals surface area contributed by atoms with Gasteiger partial charge in [0.05, 0.1) is 22.1 Å². The summed E-state index contributed by atoms with van der Waals surface area (Å²) in [7, 11) is 0. The molecule has 0 saturated heterocycles. The summed E-state index contributed by atoms with van der Waals surface area (Å²) in [6.45, 7) is 7.09. The summed E-state index contributed by atoms with van der Waals surface area (Å²) in [5.41, 5.74) is 15.9. The van der Waals surface area contributed by atoms with E-state index in [1.54, 1.807) is 0 Å². The van der Waals surface area contributed by atoms with Gasteiger partial charge in [0.2, 0.25) is 0 Å². The van der Waals surface area contributed by atoms with Gasteiger partial charge in [0, 0.05) is 49.1 Å². The topological polar surface area (TPSA) is 23.0 Å². The third-order valence-corrected chi connectivity index (χ3v) is 11.9. The van der Waals surface area contributed by atoms with E-state index < -0.39 is 0 Å². The number of benzene rings is 7. The number of nitrogens with zero attached hydrogens (tertiary/aromatic N) is 2. The summed E-state index contributed by atoms with van der Waals surface area (Å²) >= 11 is 0. The second-order valence-corrected chi connectivity index (χ2v) is 15.2. The number of aryl methyl sites for hydroxylation is 1. The Kier molecular flexibility index (Phi) is 6.12. The van der Waals surface area contributed by atoms with Crippen molar-refractivity contribution in [1.29, 1.82) is 0 Å². The van der Waals surface area contributed by atoms with E-state index in [1.165, 1.54) is 90.0 Å². The zero-order valence-electron chi connectivity index (χ0n) is 29.7. The van der Waals surface area contributed by atoms with E-state index in [0.29, 0.717) is 0 Å². The third kappa shape index (κ3) is 3.97. The van der Waals surface area contributed by atoms with Gasteiger partial charge < -0.3 is 13.6 Å². The molecule has 0 radical (unpaired) electrons. The van der Waals surface area contributed by atoms with Crippen molar-refractivity contribution in [3.8, 4) is 22.5 Å². The average molecular weight is 671 g/mol. The van der Waals surface area contributed by atoms with E-state index in [4.69, 9.17) is 4.42 Å². The number of para-hydroxylation sites is 3. The molecule has 3 nitrogen and oxygen atoms in total. The smallest absolute Gasteiger partial charge is 0.135 e. The Morgan fingerprint density at radius 3 is 2.00 bits per heavy atom. The van der Waals surface area contributed by atoms with E-state index in [-0.39, 0.29) is 5.41 Å². The Labute approximate surface area is 302 Å². The third-order valence-electron chi connectivity index (χ3n) is 11.9. The van der Waals surface area contributed by atoms with Gasteiger partial charge in [-0.1, -0.05) is 112 Å². The van der Waals surface area contributed by atoms with Gasteiger partial charge >= 0.3 is 0 Å². The monoisotopic (exact) mass is 670 g/mol. The van der Waals surface area contributed by atoms with Crippen LogP contribution in [-0.2, 0) is 11.8 Å². The molecule has 0 aliphatic heterocycles. The molecule has 1 aliphatic carbocycles. The minimum absolute atomic E-state index is 0.0943. The largest absolute Gasteiger partial charge is 0.456 e. The summed E-state index contributed by atoms with van der Waals surface area (Å²) in [6.07, 6.45) is 3.58. The Hall–Kier alpha value is -6.06. The molecule has 3 heteroatoms. The van der Waals surface area contributed by atoms with Crippen LogP contribution in [0.3, 0.4) is 0 Å². The number of rotatable bonds is 5. The van der Waals surface area contributed by atoms with Crippen LogP contribution in [-0.4, -0.2) is 9.13 Å². The first-order valence-corrected chi connectivity index (χ1v) is 18.7. The van der Waals surface area contributed by atoms with Crippen molar-refractivity contribution in [1.82, 2.24) is 9.13 Å². The quantitative estimate of drug-likeness (QED) is 0.179. The summed E-state index contributed by atoms with van der Waals surface area (Å²) in [6, 6.07) is 51.8. The number of unbranched alkanes of at least 4 members (excludes halogenated alkanes) is 1. The molecule has 7 aromatic carbocycles. The maximum Gasteiger partial charge on any atom is 0.135 e. The fourth-order valence-electron chi connectivity index (χ4n) is 9.36. The zero-order valence-corrected chi connectivity index (χ0v) is 29.7. The van der Waals surface area contributed by atoms with Gasteiger partial charge in [0.1, 0.15) is 11.2 Å². The van der Waals surface area contributed by atoms with E-state index >= 15 is 0 Å². The predicted molar refractivity (Wildman–Crippen MR) is 219 cm³/mol. The highest BCUT2D eigenvalue weighted by Crippen LogP contribution is 2.50. The van der Waals surface area contributed by atoms with Crippen LogP contribution in [0.4, 0.5) is 0 Å². The van der Waals surface area contributed by atoms with Crippen molar-refractivity contribution in [3.63, 3.8) is 0 Å². The molecule has 3 aromatic heterocycles. The lowest BCUT2D eigenvalue weighted by molar-refractivity contribution is 0.658. The number of aromatic nitrogens is 2. The van der Waals surface area contributed by atoms with Crippen LogP contribution >= 0.6 is 0 Å². The number of hydrogen-bond donors (Lipinski definition) is 0. The van der Waals surface area contributed by atoms with Gasteiger partial charge in [-0.25, -0.2) is 0 Å². The Balaban J connectivity index is 1.19. The number of furan rings is 1. The molecule has 0 spiro atoms. The second-order valence-electron chi connectivity index (χ2n) is 15.2. The van der Waals surface area contributed by atoms with Crippen LogP contribution in [0.2, 0.25) is 0 Å². The van der Waals surface area contributed by atoms with Crippen LogP contribution in [0.5, 0.6) is 0 Å². The first-order chi connectivity index (χ1) is 25.5. The first kappa shape index (κ1) is 29.6. The molecule has 0 fully saturated rings. The Morgan fingerprint density at radius 2 is 1.17 bits per heavy atom. The van der Waals surface area contributed by atoms with Gasteiger partial charge in [0.15, 0.2) is 0 Å². The highest BCUT2D eigenvalue weighted by molar-refractivity contribution is 6.26. The average Bonchev–Trinajstić information content (AvgIpc) is 3.89. The standard InChI is InChI=1S/C49H38N2O/c1-4-5-12-30-19-22-33-34-23-20-32(29-41(34)49(2,3)40(33)27-30)51-42-16-9-6-13-35(42)37-24-25-44-47(48(37)51)38-15-7-10-17-43(38)50(44)31-21-26-46-39(28-31)36-14-8-11-18-45(36)52-46/h6-11,13-29H,4-5,12H2,1-3H3. The zero-order chi connectivity index (χ0) is 34.7. The van der Waals surface area contributed by atoms with Gasteiger partial charge in [-0.2, -0.15) is 0 Å². The molecule has 1 aliphatic rings. The maximum atomic E-state index is 6.23. The van der Waals surface area contributed by atoms with Gasteiger partial charge in [-0.15, -0.1) is 0 Å². The van der Waals surface area contributed by atoms with E-state index in [9.17, 15) is 0 Å². The van der Waals surface area contributed by atoms with Crippen LogP contribution < -0.4 is 0 Å². The molecule has 0 N–H and O–H groups in total. The van der Waals surface area contributed by atoms with Crippen molar-refractivity contribution < 1.29 is 4.42 Å². The Bertz CT molecular complexity index is 3090. The summed E-state index contributed by atoms with van der Waals surface area (Å²) in [5, 5.41) is 7.33. The molecule has 10 aromatic rings. The lowest BCUT2D eigenvalue weighted by Crippen LogP contribution is -2.15. The molecule has 0 bridgehead atoms. The minimum atomic E-state index is -0.0943. The second kappa shape index (κ2) is 10.7. The van der Waals surface area contributed by atoms with Crippen LogP contribution in [0.25, 0.3) is 88.1 Å². The molecule has 11 rings (SSSR count). The molecule has 0 amide bonds. The lowest BCUT2D eigenvalue weighted by atomic mass is 9.81. The fraction of sp³-hybridized carbons (Fsp3) is 0.143. The van der Waals surface area contributed by atoms with E-state index in [2.05, 4.69) is 163 Å². The van der Waals surface area contributed by atoms with Crippen LogP contribution in [0, 0.1) is 0 Å². The highest BCUT2D eigenvalue weighted by Gasteiger charge is 2.36. The predicted octanol–water partition coefficient (Wildman–Crippen LogP) is 13.4. The summed E-state index contributed by atoms with van der Waals surface area (Å²) < 4.78 is 11.2. The number of fused-ring (bicyclic) bond motifs is 13. The van der Waals surface area contributed by atoms with Crippen LogP contribution in [0.15, 0.2) is 144 Å². The normalized spacial score (nSPS) is 13.7. The van der Waals surface area contributed by atoms with E-state index in [0.717, 1.165) is 34.0 Å². The summed E-state index contributed by atoms with van der Waals surface area (Å²) in [5.74, 6) is 0. The SMILES string of the molecule is CCCCc1ccc2c(c1)C(C)(C)c1cc(-n3c4ccccc4c4ccc5c(c6ccccc6n5-c5ccc6oc7ccccc7c6c5)c43)ccc1-2. The molecule has 0 saturated carbocycles. The molecule has 0 atom stereocenters. The molecule has 52 heavy (non-hydrogen) atoms. The molecular formula is C49H38N2O. The molecule has 250 valence electrons. The number of hydrogen-bond acceptors (Lipinski definition) is 1. The fourth-order valence-corrected chi connectivity index (χ4v) is 9.36. The van der Waals surface area contributed by atoms with Crippen molar-refractivity contribution in [3.05, 3.63) is 156 Å². The van der Waals surface area contributed by atoms with Crippen molar-refractivity contribution >= 4 is 65.6 Å². The first-order valence-electron chi connectivity index (χ1n) is 18.7. The van der Waals surface area contributed by atoms with Crippen LogP contribution in [0.1, 0.15) is 50.3 Å². The molecular weight excluding hydrogens is 633 g/mol. The Morgan fingerprint density at radius 1 is 0.519 bits per heavy atom. The van der Waals surface area contributed by atoms with Crippen molar-refractivity contribution in [2.75, 3.05) is 0 Å². The van der Waals surface area contributed by atoms with Gasteiger partial charge in [-0.05, 0) is 95.3 Å². The van der Waals surface area contributed by atoms with E-state index in [1.807, 2.05) is 6.07 Å². The van der Waals surface area contributed by atoms with Crippen molar-refractivity contribution in [2.45, 2.75) is 45.4 Å². The molecule has 3 heterocycles.